The van der Waals surface area contributed by atoms with Crippen LogP contribution in [0.25, 0.3) is 0 Å². The lowest BCUT2D eigenvalue weighted by molar-refractivity contribution is 0.122. The van der Waals surface area contributed by atoms with Crippen LogP contribution >= 0.6 is 0 Å². The zero-order valence-electron chi connectivity index (χ0n) is 15.0. The highest BCUT2D eigenvalue weighted by molar-refractivity contribution is 5.48. The summed E-state index contributed by atoms with van der Waals surface area (Å²) in [5.41, 5.74) is 2.34. The van der Waals surface area contributed by atoms with Crippen molar-refractivity contribution in [3.05, 3.63) is 54.0 Å². The Morgan fingerprint density at radius 3 is 2.83 bits per heavy atom. The first-order chi connectivity index (χ1) is 11.7. The number of ether oxygens (including phenoxy) is 2. The molecule has 0 unspecified atom stereocenters. The number of unbranched alkanes of at least 4 members (excludes halogenated alkanes) is 1. The molecule has 0 N–H and O–H groups in total. The molecule has 0 amide bonds. The summed E-state index contributed by atoms with van der Waals surface area (Å²) in [4.78, 5) is 6.60. The van der Waals surface area contributed by atoms with Crippen LogP contribution in [-0.2, 0) is 4.74 Å². The molecule has 1 aliphatic heterocycles. The molecule has 0 aromatic carbocycles. The lowest BCUT2D eigenvalue weighted by Crippen LogP contribution is -2.36. The molecular weight excluding hydrogens is 300 g/mol. The standard InChI is InChI=1S/C20H28N2O2/c1-4-5-6-7-17(2)8-9-18(3)24-20-16-19(10-11-21-20)22-12-14-23-15-13-22/h6-11,16H,4-5,12-15H2,1-3H3/b7-6+,17-8+,18-9+. The van der Waals surface area contributed by atoms with Gasteiger partial charge in [-0.2, -0.15) is 0 Å². The Labute approximate surface area is 145 Å². The second kappa shape index (κ2) is 9.93. The van der Waals surface area contributed by atoms with Crippen LogP contribution in [0, 0.1) is 0 Å². The van der Waals surface area contributed by atoms with E-state index in [0.717, 1.165) is 44.2 Å². The van der Waals surface area contributed by atoms with E-state index in [2.05, 4.69) is 42.0 Å². The molecule has 0 atom stereocenters. The van der Waals surface area contributed by atoms with E-state index in [1.807, 2.05) is 25.1 Å². The highest BCUT2D eigenvalue weighted by atomic mass is 16.5. The largest absolute Gasteiger partial charge is 0.444 e. The first-order valence-corrected chi connectivity index (χ1v) is 8.67. The van der Waals surface area contributed by atoms with Crippen LogP contribution in [0.5, 0.6) is 5.88 Å². The number of pyridine rings is 1. The molecular formula is C20H28N2O2. The molecule has 1 saturated heterocycles. The summed E-state index contributed by atoms with van der Waals surface area (Å²) in [5, 5.41) is 0. The third-order valence-electron chi connectivity index (χ3n) is 3.78. The Hall–Kier alpha value is -2.07. The molecule has 2 rings (SSSR count). The maximum Gasteiger partial charge on any atom is 0.220 e. The summed E-state index contributed by atoms with van der Waals surface area (Å²) in [5.74, 6) is 1.45. The van der Waals surface area contributed by atoms with E-state index in [-0.39, 0.29) is 0 Å². The number of aromatic nitrogens is 1. The first-order valence-electron chi connectivity index (χ1n) is 8.67. The van der Waals surface area contributed by atoms with Crippen LogP contribution in [0.15, 0.2) is 54.0 Å². The van der Waals surface area contributed by atoms with Crippen LogP contribution in [0.2, 0.25) is 0 Å². The molecule has 1 aromatic heterocycles. The Kier molecular flexibility index (Phi) is 7.56. The molecule has 24 heavy (non-hydrogen) atoms. The van der Waals surface area contributed by atoms with Gasteiger partial charge in [0.05, 0.1) is 13.2 Å². The van der Waals surface area contributed by atoms with Crippen molar-refractivity contribution in [1.29, 1.82) is 0 Å². The van der Waals surface area contributed by atoms with E-state index >= 15 is 0 Å². The number of nitrogens with zero attached hydrogens (tertiary/aromatic N) is 2. The minimum absolute atomic E-state index is 0.625. The van der Waals surface area contributed by atoms with Gasteiger partial charge in [-0.1, -0.05) is 37.1 Å². The van der Waals surface area contributed by atoms with Gasteiger partial charge >= 0.3 is 0 Å². The second-order valence-electron chi connectivity index (χ2n) is 5.93. The monoisotopic (exact) mass is 328 g/mol. The smallest absolute Gasteiger partial charge is 0.220 e. The molecule has 0 aliphatic carbocycles. The lowest BCUT2D eigenvalue weighted by atomic mass is 10.2. The van der Waals surface area contributed by atoms with E-state index in [1.165, 1.54) is 12.0 Å². The molecule has 0 saturated carbocycles. The number of hydrogen-bond acceptors (Lipinski definition) is 4. The number of allylic oxidation sites excluding steroid dienone is 6. The van der Waals surface area contributed by atoms with Gasteiger partial charge in [-0.25, -0.2) is 4.98 Å². The average molecular weight is 328 g/mol. The van der Waals surface area contributed by atoms with Gasteiger partial charge in [-0.15, -0.1) is 0 Å². The predicted molar refractivity (Wildman–Crippen MR) is 99.5 cm³/mol. The highest BCUT2D eigenvalue weighted by Gasteiger charge is 2.12. The SMILES string of the molecule is CCC/C=C/C(C)=C/C=C(\C)Oc1cc(N2CCOCC2)ccn1. The van der Waals surface area contributed by atoms with Crippen molar-refractivity contribution in [1.82, 2.24) is 4.98 Å². The van der Waals surface area contributed by atoms with Crippen molar-refractivity contribution in [2.45, 2.75) is 33.6 Å². The zero-order valence-corrected chi connectivity index (χ0v) is 15.0. The van der Waals surface area contributed by atoms with Crippen molar-refractivity contribution >= 4 is 5.69 Å². The van der Waals surface area contributed by atoms with E-state index in [1.54, 1.807) is 6.20 Å². The van der Waals surface area contributed by atoms with Crippen molar-refractivity contribution < 1.29 is 9.47 Å². The van der Waals surface area contributed by atoms with Crippen LogP contribution in [-0.4, -0.2) is 31.3 Å². The third kappa shape index (κ3) is 6.20. The van der Waals surface area contributed by atoms with Gasteiger partial charge in [0.1, 0.15) is 5.76 Å². The van der Waals surface area contributed by atoms with Gasteiger partial charge in [0.15, 0.2) is 0 Å². The summed E-state index contributed by atoms with van der Waals surface area (Å²) >= 11 is 0. The summed E-state index contributed by atoms with van der Waals surface area (Å²) in [6, 6.07) is 4.00. The number of rotatable bonds is 7. The molecule has 130 valence electrons. The number of hydrogen-bond donors (Lipinski definition) is 0. The molecule has 1 aromatic rings. The summed E-state index contributed by atoms with van der Waals surface area (Å²) in [6.07, 6.45) is 12.5. The van der Waals surface area contributed by atoms with E-state index in [4.69, 9.17) is 9.47 Å². The quantitative estimate of drug-likeness (QED) is 0.545. The average Bonchev–Trinajstić information content (AvgIpc) is 2.61. The van der Waals surface area contributed by atoms with E-state index in [0.29, 0.717) is 5.88 Å². The molecule has 1 fully saturated rings. The molecule has 0 bridgehead atoms. The van der Waals surface area contributed by atoms with Crippen LogP contribution < -0.4 is 9.64 Å². The number of anilines is 1. The van der Waals surface area contributed by atoms with Gasteiger partial charge in [0, 0.05) is 31.0 Å². The maximum atomic E-state index is 5.85. The second-order valence-corrected chi connectivity index (χ2v) is 5.93. The Balaban J connectivity index is 1.96. The Morgan fingerprint density at radius 1 is 1.29 bits per heavy atom. The van der Waals surface area contributed by atoms with Gasteiger partial charge in [0.25, 0.3) is 0 Å². The van der Waals surface area contributed by atoms with Crippen LogP contribution in [0.1, 0.15) is 33.6 Å². The van der Waals surface area contributed by atoms with Crippen molar-refractivity contribution in [3.8, 4) is 5.88 Å². The zero-order chi connectivity index (χ0) is 17.2. The fourth-order valence-corrected chi connectivity index (χ4v) is 2.41. The van der Waals surface area contributed by atoms with Crippen molar-refractivity contribution in [3.63, 3.8) is 0 Å². The molecule has 1 aliphatic rings. The maximum absolute atomic E-state index is 5.85. The van der Waals surface area contributed by atoms with Gasteiger partial charge in [-0.3, -0.25) is 0 Å². The fraction of sp³-hybridized carbons (Fsp3) is 0.450. The van der Waals surface area contributed by atoms with E-state index < -0.39 is 0 Å². The molecule has 4 nitrogen and oxygen atoms in total. The molecule has 4 heteroatoms. The lowest BCUT2D eigenvalue weighted by Gasteiger charge is -2.28. The topological polar surface area (TPSA) is 34.6 Å². The number of morpholine rings is 1. The van der Waals surface area contributed by atoms with E-state index in [9.17, 15) is 0 Å². The minimum atomic E-state index is 0.625. The molecule has 0 spiro atoms. The minimum Gasteiger partial charge on any atom is -0.444 e. The van der Waals surface area contributed by atoms with Crippen LogP contribution in [0.4, 0.5) is 5.69 Å². The third-order valence-corrected chi connectivity index (χ3v) is 3.78. The Morgan fingerprint density at radius 2 is 2.08 bits per heavy atom. The summed E-state index contributed by atoms with van der Waals surface area (Å²) in [7, 11) is 0. The molecule has 0 radical (unpaired) electrons. The predicted octanol–water partition coefficient (Wildman–Crippen LogP) is 4.50. The fourth-order valence-electron chi connectivity index (χ4n) is 2.41. The van der Waals surface area contributed by atoms with Gasteiger partial charge in [-0.05, 0) is 32.4 Å². The normalized spacial score (nSPS) is 16.7. The van der Waals surface area contributed by atoms with Crippen LogP contribution in [0.3, 0.4) is 0 Å². The van der Waals surface area contributed by atoms with Crippen molar-refractivity contribution in [2.75, 3.05) is 31.2 Å². The Bertz CT molecular complexity index is 599. The van der Waals surface area contributed by atoms with Gasteiger partial charge in [0.2, 0.25) is 5.88 Å². The summed E-state index contributed by atoms with van der Waals surface area (Å²) in [6.45, 7) is 9.57. The first kappa shape index (κ1) is 18.3. The van der Waals surface area contributed by atoms with Gasteiger partial charge < -0.3 is 14.4 Å². The summed E-state index contributed by atoms with van der Waals surface area (Å²) < 4.78 is 11.2. The van der Waals surface area contributed by atoms with Crippen molar-refractivity contribution in [2.24, 2.45) is 0 Å². The highest BCUT2D eigenvalue weighted by Crippen LogP contribution is 2.21. The molecule has 2 heterocycles.